The number of carbonyl (C=O) groups is 4. The number of anilines is 1. The topological polar surface area (TPSA) is 167 Å². The van der Waals surface area contributed by atoms with E-state index in [2.05, 4.69) is 83.5 Å². The highest BCUT2D eigenvalue weighted by atomic mass is 35.5. The fraction of sp³-hybridized carbons (Fsp3) is 0.585. The molecule has 3 aromatic rings. The van der Waals surface area contributed by atoms with E-state index in [-0.39, 0.29) is 52.5 Å². The largest absolute Gasteiger partial charge is 0.444 e. The maximum absolute atomic E-state index is 15.5. The SMILES string of the molecule is C[C@H](CO[Si](C)(C)C(C)(C)C)N(CC(=O)N[C@H](CCO[Si](C)(C)C(C)(C)C)c1cccc(Cl)c1F)C(=O)Cn1nc(C(N)=O)c2cc(NC(=O)OC(C)(C)C)ccc21. The molecular formula is C41H64ClFN6O7Si2. The standard InChI is InChI=1S/C41H64ClFN6O7Si2/c1-26(25-55-58(13,14)41(8,9)10)48(23-33(50)46-31(28-16-15-17-30(42)35(28)43)20-21-54-57(11,12)40(5,6)7)34(51)24-49-32-19-18-27(45-38(53)56-39(2,3)4)22-29(32)36(47-49)37(44)52/h15-19,22,26,31H,20-21,23-25H2,1-14H3,(H2,44,52)(H,45,53)(H,46,50)/t26-,31-/m1/s1. The molecule has 1 aromatic heterocycles. The lowest BCUT2D eigenvalue weighted by Gasteiger charge is -2.38. The number of hydrogen-bond donors (Lipinski definition) is 3. The van der Waals surface area contributed by atoms with Gasteiger partial charge >= 0.3 is 6.09 Å². The maximum atomic E-state index is 15.5. The van der Waals surface area contributed by atoms with E-state index in [1.807, 2.05) is 0 Å². The van der Waals surface area contributed by atoms with Crippen LogP contribution in [0, 0.1) is 5.82 Å². The Morgan fingerprint density at radius 2 is 1.55 bits per heavy atom. The van der Waals surface area contributed by atoms with Crippen molar-refractivity contribution in [2.24, 2.45) is 5.73 Å². The molecule has 17 heteroatoms. The Balaban J connectivity index is 1.98. The van der Waals surface area contributed by atoms with Crippen LogP contribution in [-0.2, 0) is 29.7 Å². The first-order chi connectivity index (χ1) is 26.4. The second-order valence-corrected chi connectivity index (χ2v) is 28.9. The maximum Gasteiger partial charge on any atom is 0.412 e. The number of nitrogens with zero attached hydrogens (tertiary/aromatic N) is 3. The van der Waals surface area contributed by atoms with Gasteiger partial charge < -0.3 is 29.5 Å². The lowest BCUT2D eigenvalue weighted by Crippen LogP contribution is -2.51. The summed E-state index contributed by atoms with van der Waals surface area (Å²) < 4.78 is 35.1. The quantitative estimate of drug-likeness (QED) is 0.120. The number of fused-ring (bicyclic) bond motifs is 1. The van der Waals surface area contributed by atoms with Crippen LogP contribution in [0.4, 0.5) is 14.9 Å². The van der Waals surface area contributed by atoms with Crippen molar-refractivity contribution >= 4 is 68.6 Å². The van der Waals surface area contributed by atoms with E-state index in [4.69, 9.17) is 30.9 Å². The summed E-state index contributed by atoms with van der Waals surface area (Å²) in [6, 6.07) is 7.95. The molecule has 0 saturated carbocycles. The van der Waals surface area contributed by atoms with E-state index in [1.165, 1.54) is 21.7 Å². The third-order valence-electron chi connectivity index (χ3n) is 10.9. The predicted molar refractivity (Wildman–Crippen MR) is 232 cm³/mol. The van der Waals surface area contributed by atoms with Crippen LogP contribution in [0.25, 0.3) is 10.9 Å². The zero-order valence-corrected chi connectivity index (χ0v) is 39.4. The van der Waals surface area contributed by atoms with Gasteiger partial charge in [-0.1, -0.05) is 65.3 Å². The Morgan fingerprint density at radius 1 is 0.948 bits per heavy atom. The highest BCUT2D eigenvalue weighted by Gasteiger charge is 2.39. The summed E-state index contributed by atoms with van der Waals surface area (Å²) in [6.07, 6.45) is -0.436. The van der Waals surface area contributed by atoms with Crippen molar-refractivity contribution in [3.8, 4) is 0 Å². The number of benzene rings is 2. The number of amides is 4. The lowest BCUT2D eigenvalue weighted by molar-refractivity contribution is -0.139. The number of nitrogens with two attached hydrogens (primary N) is 1. The second-order valence-electron chi connectivity index (χ2n) is 18.8. The molecule has 0 aliphatic rings. The molecule has 58 heavy (non-hydrogen) atoms. The molecule has 4 N–H and O–H groups in total. The summed E-state index contributed by atoms with van der Waals surface area (Å²) in [5.74, 6) is -2.52. The fourth-order valence-electron chi connectivity index (χ4n) is 5.46. The molecule has 0 spiro atoms. The van der Waals surface area contributed by atoms with E-state index in [9.17, 15) is 19.2 Å². The van der Waals surface area contributed by atoms with Gasteiger partial charge in [-0.3, -0.25) is 24.4 Å². The third kappa shape index (κ3) is 12.8. The van der Waals surface area contributed by atoms with E-state index in [0.717, 1.165) is 0 Å². The molecule has 0 aliphatic carbocycles. The highest BCUT2D eigenvalue weighted by molar-refractivity contribution is 6.74. The van der Waals surface area contributed by atoms with Gasteiger partial charge in [0, 0.05) is 23.2 Å². The van der Waals surface area contributed by atoms with Crippen LogP contribution in [0.3, 0.4) is 0 Å². The van der Waals surface area contributed by atoms with E-state index in [0.29, 0.717) is 16.6 Å². The van der Waals surface area contributed by atoms with Gasteiger partial charge in [0.1, 0.15) is 18.0 Å². The van der Waals surface area contributed by atoms with Crippen molar-refractivity contribution in [1.82, 2.24) is 20.0 Å². The predicted octanol–water partition coefficient (Wildman–Crippen LogP) is 8.78. The van der Waals surface area contributed by atoms with Crippen LogP contribution in [0.15, 0.2) is 36.4 Å². The lowest BCUT2D eigenvalue weighted by atomic mass is 10.0. The Kier molecular flexibility index (Phi) is 15.6. The smallest absolute Gasteiger partial charge is 0.412 e. The van der Waals surface area contributed by atoms with Crippen molar-refractivity contribution in [3.63, 3.8) is 0 Å². The Morgan fingerprint density at radius 3 is 2.12 bits per heavy atom. The van der Waals surface area contributed by atoms with Crippen molar-refractivity contribution < 1.29 is 37.2 Å². The van der Waals surface area contributed by atoms with Crippen molar-refractivity contribution in [2.45, 2.75) is 136 Å². The van der Waals surface area contributed by atoms with E-state index < -0.39 is 70.5 Å². The molecule has 0 saturated heterocycles. The number of ether oxygens (including phenoxy) is 1. The first-order valence-electron chi connectivity index (χ1n) is 19.5. The average Bonchev–Trinajstić information content (AvgIpc) is 3.42. The Labute approximate surface area is 350 Å². The minimum absolute atomic E-state index is 0.0616. The molecule has 3 rings (SSSR count). The summed E-state index contributed by atoms with van der Waals surface area (Å²) in [5, 5.41) is 10.0. The summed E-state index contributed by atoms with van der Waals surface area (Å²) in [7, 11) is -4.45. The molecule has 4 amide bonds. The second kappa shape index (κ2) is 18.6. The van der Waals surface area contributed by atoms with Crippen LogP contribution in [-0.4, -0.2) is 86.5 Å². The van der Waals surface area contributed by atoms with Gasteiger partial charge in [-0.05, 0) is 94.6 Å². The van der Waals surface area contributed by atoms with Gasteiger partial charge in [0.05, 0.1) is 35.8 Å². The van der Waals surface area contributed by atoms with Gasteiger partial charge in [0.25, 0.3) is 5.91 Å². The van der Waals surface area contributed by atoms with Crippen LogP contribution < -0.4 is 16.4 Å². The highest BCUT2D eigenvalue weighted by Crippen LogP contribution is 2.38. The molecule has 2 atom stereocenters. The van der Waals surface area contributed by atoms with Gasteiger partial charge in [-0.25, -0.2) is 9.18 Å². The average molecular weight is 864 g/mol. The molecule has 0 fully saturated rings. The van der Waals surface area contributed by atoms with Crippen LogP contribution in [0.1, 0.15) is 97.8 Å². The molecule has 0 radical (unpaired) electrons. The number of rotatable bonds is 16. The number of nitrogens with one attached hydrogen (secondary N) is 2. The zero-order valence-electron chi connectivity index (χ0n) is 36.7. The van der Waals surface area contributed by atoms with E-state index in [1.54, 1.807) is 52.0 Å². The molecular weight excluding hydrogens is 799 g/mol. The van der Waals surface area contributed by atoms with Crippen molar-refractivity contribution in [2.75, 3.05) is 25.1 Å². The van der Waals surface area contributed by atoms with E-state index >= 15 is 4.39 Å². The molecule has 322 valence electrons. The molecule has 0 unspecified atom stereocenters. The normalized spacial score (nSPS) is 13.9. The Bertz CT molecular complexity index is 1970. The number of primary amides is 1. The van der Waals surface area contributed by atoms with Gasteiger partial charge in [-0.2, -0.15) is 5.10 Å². The van der Waals surface area contributed by atoms with Crippen LogP contribution >= 0.6 is 11.6 Å². The van der Waals surface area contributed by atoms with Gasteiger partial charge in [0.2, 0.25) is 11.8 Å². The molecule has 13 nitrogen and oxygen atoms in total. The van der Waals surface area contributed by atoms with Crippen molar-refractivity contribution in [3.05, 3.63) is 58.5 Å². The molecule has 0 aliphatic heterocycles. The first-order valence-corrected chi connectivity index (χ1v) is 25.7. The monoisotopic (exact) mass is 862 g/mol. The zero-order chi connectivity index (χ0) is 44.2. The first kappa shape index (κ1) is 48.5. The van der Waals surface area contributed by atoms with Crippen molar-refractivity contribution in [1.29, 1.82) is 0 Å². The minimum atomic E-state index is -2.28. The molecule has 1 heterocycles. The van der Waals surface area contributed by atoms with Crippen LogP contribution in [0.5, 0.6) is 0 Å². The Hall–Kier alpha value is -3.84. The third-order valence-corrected chi connectivity index (χ3v) is 20.3. The van der Waals surface area contributed by atoms with Gasteiger partial charge in [0.15, 0.2) is 22.3 Å². The number of aromatic nitrogens is 2. The number of hydrogen-bond acceptors (Lipinski definition) is 8. The number of halogens is 2. The summed E-state index contributed by atoms with van der Waals surface area (Å²) in [6.45, 7) is 27.8. The minimum Gasteiger partial charge on any atom is -0.444 e. The summed E-state index contributed by atoms with van der Waals surface area (Å²) >= 11 is 6.19. The summed E-state index contributed by atoms with van der Waals surface area (Å²) in [5.41, 5.74) is 5.78. The number of carbonyl (C=O) groups excluding carboxylic acids is 4. The fourth-order valence-corrected chi connectivity index (χ4v) is 7.80. The molecule has 2 aromatic carbocycles. The summed E-state index contributed by atoms with van der Waals surface area (Å²) in [4.78, 5) is 54.8. The van der Waals surface area contributed by atoms with Crippen LogP contribution in [0.2, 0.25) is 41.3 Å². The molecule has 0 bridgehead atoms. The van der Waals surface area contributed by atoms with Gasteiger partial charge in [-0.15, -0.1) is 0 Å².